The first kappa shape index (κ1) is 19.8. The zero-order valence-electron chi connectivity index (χ0n) is 16.3. The number of methoxy groups -OCH3 is 2. The molecule has 0 radical (unpaired) electrons. The first-order valence-electron chi connectivity index (χ1n) is 9.23. The van der Waals surface area contributed by atoms with Gasteiger partial charge in [-0.15, -0.1) is 0 Å². The van der Waals surface area contributed by atoms with Gasteiger partial charge in [0, 0.05) is 17.5 Å². The number of halogens is 2. The Morgan fingerprint density at radius 2 is 1.76 bits per heavy atom. The minimum absolute atomic E-state index is 0.265. The summed E-state index contributed by atoms with van der Waals surface area (Å²) in [4.78, 5) is 13.6. The number of aromatic nitrogens is 3. The van der Waals surface area contributed by atoms with E-state index in [1.165, 1.54) is 27.1 Å². The average molecular weight is 434 g/mol. The molecule has 1 aliphatic carbocycles. The molecule has 1 atom stereocenters. The van der Waals surface area contributed by atoms with Gasteiger partial charge in [0.25, 0.3) is 0 Å². The van der Waals surface area contributed by atoms with E-state index in [4.69, 9.17) is 43.4 Å². The summed E-state index contributed by atoms with van der Waals surface area (Å²) in [5.41, 5.74) is 6.96. The van der Waals surface area contributed by atoms with Gasteiger partial charge in [-0.3, -0.25) is 0 Å². The second kappa shape index (κ2) is 7.72. The maximum atomic E-state index is 6.57. The third-order valence-corrected chi connectivity index (χ3v) is 5.84. The number of anilines is 2. The highest BCUT2D eigenvalue weighted by atomic mass is 35.5. The molecule has 1 saturated carbocycles. The highest BCUT2D eigenvalue weighted by molar-refractivity contribution is 6.41. The van der Waals surface area contributed by atoms with Crippen LogP contribution in [0.25, 0.3) is 22.3 Å². The number of nitrogens with zero attached hydrogens (tertiary/aromatic N) is 3. The second-order valence-corrected chi connectivity index (χ2v) is 7.83. The smallest absolute Gasteiger partial charge is 0.165 e. The standard InChI is InChI=1S/C20H21Cl2N5O2/c1-9(10-4-5-10)25-19-11-6-15(23)24-8-12(11)26-20(27-19)16-17(21)13(28-2)7-14(29-3)18(16)22/h6-10H,4-5H2,1-3H3,(H2,23,24)(H,25,26,27)/t9-/m0/s1. The van der Waals surface area contributed by atoms with Crippen molar-refractivity contribution in [3.8, 4) is 22.9 Å². The molecule has 4 rings (SSSR count). The number of benzene rings is 1. The Balaban J connectivity index is 1.94. The third-order valence-electron chi connectivity index (χ3n) is 5.09. The lowest BCUT2D eigenvalue weighted by atomic mass is 10.1. The van der Waals surface area contributed by atoms with Crippen molar-refractivity contribution in [2.75, 3.05) is 25.3 Å². The van der Waals surface area contributed by atoms with Crippen molar-refractivity contribution < 1.29 is 9.47 Å². The van der Waals surface area contributed by atoms with Gasteiger partial charge in [0.1, 0.15) is 23.1 Å². The number of hydrogen-bond acceptors (Lipinski definition) is 7. The van der Waals surface area contributed by atoms with Crippen molar-refractivity contribution in [3.63, 3.8) is 0 Å². The quantitative estimate of drug-likeness (QED) is 0.575. The molecule has 7 nitrogen and oxygen atoms in total. The van der Waals surface area contributed by atoms with Crippen molar-refractivity contribution in [2.45, 2.75) is 25.8 Å². The molecule has 1 aliphatic rings. The number of hydrogen-bond donors (Lipinski definition) is 2. The largest absolute Gasteiger partial charge is 0.495 e. The Labute approximate surface area is 178 Å². The lowest BCUT2D eigenvalue weighted by molar-refractivity contribution is 0.395. The molecule has 0 saturated heterocycles. The molecule has 3 N–H and O–H groups in total. The third kappa shape index (κ3) is 3.72. The zero-order chi connectivity index (χ0) is 20.7. The fraction of sp³-hybridized carbons (Fsp3) is 0.350. The summed E-state index contributed by atoms with van der Waals surface area (Å²) in [5, 5.41) is 4.90. The van der Waals surface area contributed by atoms with Gasteiger partial charge < -0.3 is 20.5 Å². The summed E-state index contributed by atoms with van der Waals surface area (Å²) in [5.74, 6) is 2.88. The molecule has 0 spiro atoms. The monoisotopic (exact) mass is 433 g/mol. The number of nitrogens with one attached hydrogen (secondary N) is 1. The van der Waals surface area contributed by atoms with Crippen LogP contribution in [-0.4, -0.2) is 35.2 Å². The van der Waals surface area contributed by atoms with Crippen LogP contribution in [0.3, 0.4) is 0 Å². The van der Waals surface area contributed by atoms with Crippen LogP contribution in [0.4, 0.5) is 11.6 Å². The second-order valence-electron chi connectivity index (χ2n) is 7.08. The van der Waals surface area contributed by atoms with Crippen LogP contribution in [0.2, 0.25) is 10.0 Å². The molecule has 2 aromatic heterocycles. The van der Waals surface area contributed by atoms with E-state index in [0.717, 1.165) is 5.39 Å². The number of pyridine rings is 1. The number of fused-ring (bicyclic) bond motifs is 1. The molecule has 1 aromatic carbocycles. The molecule has 0 unspecified atom stereocenters. The topological polar surface area (TPSA) is 95.2 Å². The van der Waals surface area contributed by atoms with E-state index in [0.29, 0.717) is 56.0 Å². The minimum atomic E-state index is 0.265. The minimum Gasteiger partial charge on any atom is -0.495 e. The van der Waals surface area contributed by atoms with E-state index < -0.39 is 0 Å². The molecular formula is C20H21Cl2N5O2. The molecule has 9 heteroatoms. The van der Waals surface area contributed by atoms with E-state index in [1.54, 1.807) is 18.3 Å². The molecule has 29 heavy (non-hydrogen) atoms. The van der Waals surface area contributed by atoms with Gasteiger partial charge in [0.15, 0.2) is 5.82 Å². The van der Waals surface area contributed by atoms with E-state index >= 15 is 0 Å². The first-order valence-corrected chi connectivity index (χ1v) is 9.98. The first-order chi connectivity index (χ1) is 13.9. The Bertz CT molecular complexity index is 1060. The van der Waals surface area contributed by atoms with Gasteiger partial charge >= 0.3 is 0 Å². The number of nitrogen functional groups attached to an aromatic ring is 1. The summed E-state index contributed by atoms with van der Waals surface area (Å²) in [6, 6.07) is 3.66. The summed E-state index contributed by atoms with van der Waals surface area (Å²) >= 11 is 13.1. The van der Waals surface area contributed by atoms with Crippen LogP contribution in [-0.2, 0) is 0 Å². The van der Waals surface area contributed by atoms with Gasteiger partial charge in [-0.2, -0.15) is 0 Å². The van der Waals surface area contributed by atoms with Crippen molar-refractivity contribution in [3.05, 3.63) is 28.4 Å². The Kier molecular flexibility index (Phi) is 5.27. The predicted molar refractivity (Wildman–Crippen MR) is 116 cm³/mol. The molecule has 3 aromatic rings. The van der Waals surface area contributed by atoms with E-state index in [2.05, 4.69) is 22.2 Å². The van der Waals surface area contributed by atoms with Crippen molar-refractivity contribution in [2.24, 2.45) is 5.92 Å². The molecule has 0 aliphatic heterocycles. The van der Waals surface area contributed by atoms with Crippen LogP contribution >= 0.6 is 23.2 Å². The van der Waals surface area contributed by atoms with Gasteiger partial charge in [-0.25, -0.2) is 15.0 Å². The fourth-order valence-electron chi connectivity index (χ4n) is 3.28. The molecular weight excluding hydrogens is 413 g/mol. The highest BCUT2D eigenvalue weighted by Gasteiger charge is 2.29. The summed E-state index contributed by atoms with van der Waals surface area (Å²) in [7, 11) is 3.05. The van der Waals surface area contributed by atoms with Crippen LogP contribution in [0.5, 0.6) is 11.5 Å². The SMILES string of the molecule is COc1cc(OC)c(Cl)c(-c2nc(N[C@@H](C)C3CC3)c3cc(N)ncc3n2)c1Cl. The molecule has 1 fully saturated rings. The molecule has 0 bridgehead atoms. The van der Waals surface area contributed by atoms with Gasteiger partial charge in [-0.1, -0.05) is 23.2 Å². The Hall–Kier alpha value is -2.51. The normalized spacial score (nSPS) is 14.7. The lowest BCUT2D eigenvalue weighted by Crippen LogP contribution is -2.19. The van der Waals surface area contributed by atoms with Gasteiger partial charge in [0.05, 0.1) is 41.5 Å². The van der Waals surface area contributed by atoms with Crippen LogP contribution in [0.1, 0.15) is 19.8 Å². The molecule has 152 valence electrons. The molecule has 2 heterocycles. The number of rotatable bonds is 6. The lowest BCUT2D eigenvalue weighted by Gasteiger charge is -2.18. The highest BCUT2D eigenvalue weighted by Crippen LogP contribution is 2.45. The van der Waals surface area contributed by atoms with Crippen molar-refractivity contribution in [1.29, 1.82) is 0 Å². The Morgan fingerprint density at radius 3 is 2.34 bits per heavy atom. The fourth-order valence-corrected chi connectivity index (χ4v) is 3.95. The predicted octanol–water partition coefficient (Wildman–Crippen LogP) is 4.81. The number of nitrogens with two attached hydrogens (primary N) is 1. The average Bonchev–Trinajstić information content (AvgIpc) is 3.54. The Morgan fingerprint density at radius 1 is 1.10 bits per heavy atom. The van der Waals surface area contributed by atoms with Gasteiger partial charge in [-0.05, 0) is 31.7 Å². The summed E-state index contributed by atoms with van der Waals surface area (Å²) in [6.07, 6.45) is 4.03. The van der Waals surface area contributed by atoms with Crippen LogP contribution in [0.15, 0.2) is 18.3 Å². The van der Waals surface area contributed by atoms with E-state index in [1.807, 2.05) is 0 Å². The zero-order valence-corrected chi connectivity index (χ0v) is 17.8. The van der Waals surface area contributed by atoms with E-state index in [-0.39, 0.29) is 6.04 Å². The number of ether oxygens (including phenoxy) is 2. The maximum Gasteiger partial charge on any atom is 0.165 e. The maximum absolute atomic E-state index is 6.57. The summed E-state index contributed by atoms with van der Waals surface area (Å²) < 4.78 is 10.7. The van der Waals surface area contributed by atoms with Crippen molar-refractivity contribution in [1.82, 2.24) is 15.0 Å². The summed E-state index contributed by atoms with van der Waals surface area (Å²) in [6.45, 7) is 2.14. The van der Waals surface area contributed by atoms with E-state index in [9.17, 15) is 0 Å². The molecule has 0 amide bonds. The van der Waals surface area contributed by atoms with Crippen LogP contribution < -0.4 is 20.5 Å². The van der Waals surface area contributed by atoms with Gasteiger partial charge in [0.2, 0.25) is 0 Å². The van der Waals surface area contributed by atoms with Crippen molar-refractivity contribution >= 4 is 45.7 Å². The van der Waals surface area contributed by atoms with Crippen LogP contribution in [0, 0.1) is 5.92 Å².